The van der Waals surface area contributed by atoms with Crippen LogP contribution in [0.15, 0.2) is 11.6 Å². The molecule has 1 fully saturated rings. The average Bonchev–Trinajstić information content (AvgIpc) is 2.69. The summed E-state index contributed by atoms with van der Waals surface area (Å²) in [6, 6.07) is 0.278. The second-order valence-electron chi connectivity index (χ2n) is 3.80. The number of aromatic nitrogens is 1. The first-order chi connectivity index (χ1) is 7.25. The maximum atomic E-state index is 11.0. The van der Waals surface area contributed by atoms with Crippen molar-refractivity contribution >= 4 is 22.4 Å². The Morgan fingerprint density at radius 1 is 1.73 bits per heavy atom. The molecule has 1 saturated heterocycles. The molecule has 0 spiro atoms. The molecule has 1 aliphatic heterocycles. The van der Waals surface area contributed by atoms with Gasteiger partial charge < -0.3 is 10.2 Å². The van der Waals surface area contributed by atoms with Crippen LogP contribution < -0.4 is 10.2 Å². The predicted octanol–water partition coefficient (Wildman–Crippen LogP) is 1.25. The van der Waals surface area contributed by atoms with Crippen molar-refractivity contribution < 1.29 is 4.79 Å². The van der Waals surface area contributed by atoms with E-state index in [1.54, 1.807) is 18.3 Å². The molecular formula is C10H15N3OS. The topological polar surface area (TPSA) is 45.2 Å². The lowest BCUT2D eigenvalue weighted by Gasteiger charge is -2.32. The van der Waals surface area contributed by atoms with Crippen LogP contribution in [0.1, 0.15) is 19.8 Å². The fraction of sp³-hybridized carbons (Fsp3) is 0.600. The van der Waals surface area contributed by atoms with Gasteiger partial charge >= 0.3 is 0 Å². The summed E-state index contributed by atoms with van der Waals surface area (Å²) in [6.07, 6.45) is 4.01. The van der Waals surface area contributed by atoms with Gasteiger partial charge in [-0.25, -0.2) is 4.98 Å². The highest BCUT2D eigenvalue weighted by atomic mass is 32.1. The largest absolute Gasteiger partial charge is 0.352 e. The summed E-state index contributed by atoms with van der Waals surface area (Å²) in [5.74, 6) is 0.0565. The van der Waals surface area contributed by atoms with E-state index in [2.05, 4.69) is 15.2 Å². The van der Waals surface area contributed by atoms with Crippen molar-refractivity contribution in [1.82, 2.24) is 10.3 Å². The van der Waals surface area contributed by atoms with Gasteiger partial charge in [-0.2, -0.15) is 0 Å². The smallest absolute Gasteiger partial charge is 0.217 e. The van der Waals surface area contributed by atoms with E-state index >= 15 is 0 Å². The van der Waals surface area contributed by atoms with Gasteiger partial charge in [0.05, 0.1) is 0 Å². The molecular weight excluding hydrogens is 210 g/mol. The van der Waals surface area contributed by atoms with Crippen molar-refractivity contribution in [3.63, 3.8) is 0 Å². The first-order valence-electron chi connectivity index (χ1n) is 5.17. The van der Waals surface area contributed by atoms with Crippen LogP contribution >= 0.6 is 11.3 Å². The van der Waals surface area contributed by atoms with E-state index in [9.17, 15) is 4.79 Å². The van der Waals surface area contributed by atoms with Crippen molar-refractivity contribution in [2.24, 2.45) is 0 Å². The molecule has 0 radical (unpaired) electrons. The number of anilines is 1. The number of amides is 1. The lowest BCUT2D eigenvalue weighted by Crippen LogP contribution is -2.47. The van der Waals surface area contributed by atoms with Crippen molar-refractivity contribution in [2.75, 3.05) is 18.0 Å². The van der Waals surface area contributed by atoms with Gasteiger partial charge in [-0.05, 0) is 12.8 Å². The van der Waals surface area contributed by atoms with Gasteiger partial charge in [-0.1, -0.05) is 0 Å². The number of carbonyl (C=O) groups is 1. The van der Waals surface area contributed by atoms with Gasteiger partial charge in [-0.15, -0.1) is 11.3 Å². The van der Waals surface area contributed by atoms with Crippen LogP contribution in [-0.2, 0) is 4.79 Å². The molecule has 1 atom stereocenters. The lowest BCUT2D eigenvalue weighted by molar-refractivity contribution is -0.119. The van der Waals surface area contributed by atoms with Crippen molar-refractivity contribution in [3.05, 3.63) is 11.6 Å². The van der Waals surface area contributed by atoms with Gasteiger partial charge in [0.1, 0.15) is 0 Å². The summed E-state index contributed by atoms with van der Waals surface area (Å²) in [5.41, 5.74) is 0. The molecule has 1 aromatic rings. The SMILES string of the molecule is CC(=O)NC1CCCN(c2nccs2)C1. The number of nitrogens with one attached hydrogen (secondary N) is 1. The molecule has 2 rings (SSSR count). The Bertz CT molecular complexity index is 325. The number of carbonyl (C=O) groups excluding carboxylic acids is 1. The summed E-state index contributed by atoms with van der Waals surface area (Å²) in [4.78, 5) is 17.5. The Hall–Kier alpha value is -1.10. The normalized spacial score (nSPS) is 21.4. The lowest BCUT2D eigenvalue weighted by atomic mass is 10.1. The van der Waals surface area contributed by atoms with Crippen LogP contribution in [0.25, 0.3) is 0 Å². The first kappa shape index (κ1) is 10.4. The average molecular weight is 225 g/mol. The minimum absolute atomic E-state index is 0.0565. The molecule has 2 heterocycles. The van der Waals surface area contributed by atoms with Gasteiger partial charge in [-0.3, -0.25) is 4.79 Å². The molecule has 5 heteroatoms. The molecule has 1 unspecified atom stereocenters. The second kappa shape index (κ2) is 4.61. The van der Waals surface area contributed by atoms with E-state index in [-0.39, 0.29) is 11.9 Å². The third-order valence-corrected chi connectivity index (χ3v) is 3.35. The molecule has 0 aromatic carbocycles. The molecule has 0 saturated carbocycles. The Balaban J connectivity index is 1.95. The number of piperidine rings is 1. The maximum Gasteiger partial charge on any atom is 0.217 e. The van der Waals surface area contributed by atoms with E-state index in [0.717, 1.165) is 31.1 Å². The number of hydrogen-bond donors (Lipinski definition) is 1. The van der Waals surface area contributed by atoms with Crippen LogP contribution in [0.3, 0.4) is 0 Å². The van der Waals surface area contributed by atoms with Crippen molar-refractivity contribution in [3.8, 4) is 0 Å². The molecule has 0 aliphatic carbocycles. The second-order valence-corrected chi connectivity index (χ2v) is 4.67. The van der Waals surface area contributed by atoms with Crippen molar-refractivity contribution in [1.29, 1.82) is 0 Å². The highest BCUT2D eigenvalue weighted by Crippen LogP contribution is 2.21. The third kappa shape index (κ3) is 2.68. The van der Waals surface area contributed by atoms with E-state index < -0.39 is 0 Å². The fourth-order valence-electron chi connectivity index (χ4n) is 1.93. The molecule has 15 heavy (non-hydrogen) atoms. The molecule has 82 valence electrons. The van der Waals surface area contributed by atoms with E-state index in [1.165, 1.54) is 0 Å². The standard InChI is InChI=1S/C10H15N3OS/c1-8(14)12-9-3-2-5-13(7-9)10-11-4-6-15-10/h4,6,9H,2-3,5,7H2,1H3,(H,12,14). The van der Waals surface area contributed by atoms with Crippen LogP contribution in [0, 0.1) is 0 Å². The quantitative estimate of drug-likeness (QED) is 0.824. The van der Waals surface area contributed by atoms with Crippen LogP contribution in [0.5, 0.6) is 0 Å². The Morgan fingerprint density at radius 2 is 2.60 bits per heavy atom. The van der Waals surface area contributed by atoms with Crippen molar-refractivity contribution in [2.45, 2.75) is 25.8 Å². The number of thiazole rings is 1. The summed E-state index contributed by atoms with van der Waals surface area (Å²) in [7, 11) is 0. The van der Waals surface area contributed by atoms with Crippen LogP contribution in [-0.4, -0.2) is 30.0 Å². The molecule has 0 bridgehead atoms. The Kier molecular flexibility index (Phi) is 3.20. The van der Waals surface area contributed by atoms with Gasteiger partial charge in [0, 0.05) is 37.6 Å². The molecule has 1 amide bonds. The first-order valence-corrected chi connectivity index (χ1v) is 6.05. The van der Waals surface area contributed by atoms with Gasteiger partial charge in [0.25, 0.3) is 0 Å². The molecule has 1 aliphatic rings. The fourth-order valence-corrected chi connectivity index (χ4v) is 2.61. The predicted molar refractivity (Wildman–Crippen MR) is 61.2 cm³/mol. The zero-order valence-electron chi connectivity index (χ0n) is 8.77. The molecule has 4 nitrogen and oxygen atoms in total. The zero-order chi connectivity index (χ0) is 10.7. The van der Waals surface area contributed by atoms with E-state index in [4.69, 9.17) is 0 Å². The summed E-state index contributed by atoms with van der Waals surface area (Å²) in [6.45, 7) is 3.50. The number of rotatable bonds is 2. The zero-order valence-corrected chi connectivity index (χ0v) is 9.59. The Morgan fingerprint density at radius 3 is 3.27 bits per heavy atom. The number of hydrogen-bond acceptors (Lipinski definition) is 4. The number of nitrogens with zero attached hydrogens (tertiary/aromatic N) is 2. The van der Waals surface area contributed by atoms with Crippen LogP contribution in [0.2, 0.25) is 0 Å². The van der Waals surface area contributed by atoms with Crippen LogP contribution in [0.4, 0.5) is 5.13 Å². The van der Waals surface area contributed by atoms with E-state index in [0.29, 0.717) is 0 Å². The summed E-state index contributed by atoms with van der Waals surface area (Å²) in [5, 5.41) is 6.01. The van der Waals surface area contributed by atoms with Gasteiger partial charge in [0.2, 0.25) is 5.91 Å². The maximum absolute atomic E-state index is 11.0. The summed E-state index contributed by atoms with van der Waals surface area (Å²) < 4.78 is 0. The molecule has 1 N–H and O–H groups in total. The minimum atomic E-state index is 0.0565. The summed E-state index contributed by atoms with van der Waals surface area (Å²) >= 11 is 1.65. The van der Waals surface area contributed by atoms with Gasteiger partial charge in [0.15, 0.2) is 5.13 Å². The highest BCUT2D eigenvalue weighted by molar-refractivity contribution is 7.13. The Labute approximate surface area is 93.3 Å². The molecule has 1 aromatic heterocycles. The van der Waals surface area contributed by atoms with E-state index in [1.807, 2.05) is 11.6 Å². The monoisotopic (exact) mass is 225 g/mol. The highest BCUT2D eigenvalue weighted by Gasteiger charge is 2.21. The minimum Gasteiger partial charge on any atom is -0.352 e. The third-order valence-electron chi connectivity index (χ3n) is 2.52.